The van der Waals surface area contributed by atoms with Crippen LogP contribution in [0.3, 0.4) is 0 Å². The van der Waals surface area contributed by atoms with Gasteiger partial charge in [-0.25, -0.2) is 0 Å². The zero-order valence-electron chi connectivity index (χ0n) is 10.2. The lowest BCUT2D eigenvalue weighted by atomic mass is 9.88. The molecule has 1 N–H and O–H groups in total. The fourth-order valence-electron chi connectivity index (χ4n) is 2.30. The highest BCUT2D eigenvalue weighted by molar-refractivity contribution is 5.65. The van der Waals surface area contributed by atoms with Gasteiger partial charge in [0.2, 0.25) is 0 Å². The number of nitrogens with one attached hydrogen (secondary N) is 1. The molecule has 0 aromatic heterocycles. The normalized spacial score (nSPS) is 23.4. The van der Waals surface area contributed by atoms with Crippen LogP contribution < -0.4 is 10.1 Å². The highest BCUT2D eigenvalue weighted by atomic mass is 16.5. The summed E-state index contributed by atoms with van der Waals surface area (Å²) in [6, 6.07) is 6.18. The van der Waals surface area contributed by atoms with Crippen molar-refractivity contribution in [2.75, 3.05) is 26.1 Å². The molecule has 1 aliphatic rings. The average Bonchev–Trinajstić information content (AvgIpc) is 2.28. The average molecular weight is 221 g/mol. The molecule has 16 heavy (non-hydrogen) atoms. The molecule has 2 rings (SSSR count). The largest absolute Gasteiger partial charge is 0.495 e. The summed E-state index contributed by atoms with van der Waals surface area (Å²) in [5.41, 5.74) is 2.46. The Labute approximate surface area is 96.8 Å². The number of benzene rings is 1. The quantitative estimate of drug-likeness (QED) is 0.850. The van der Waals surface area contributed by atoms with E-state index >= 15 is 0 Å². The maximum absolute atomic E-state index is 5.38. The van der Waals surface area contributed by atoms with Crippen LogP contribution in [0.4, 0.5) is 5.69 Å². The van der Waals surface area contributed by atoms with Crippen LogP contribution in [0.2, 0.25) is 0 Å². The smallest absolute Gasteiger partial charge is 0.142 e. The van der Waals surface area contributed by atoms with E-state index in [1.54, 1.807) is 14.2 Å². The third-order valence-corrected chi connectivity index (χ3v) is 3.17. The van der Waals surface area contributed by atoms with Gasteiger partial charge in [-0.15, -0.1) is 0 Å². The summed E-state index contributed by atoms with van der Waals surface area (Å²) in [6.45, 7) is 2.90. The molecule has 0 saturated carbocycles. The van der Waals surface area contributed by atoms with E-state index in [4.69, 9.17) is 9.47 Å². The number of fused-ring (bicyclic) bond motifs is 1. The number of ether oxygens (including phenoxy) is 2. The maximum atomic E-state index is 5.38. The van der Waals surface area contributed by atoms with E-state index in [9.17, 15) is 0 Å². The van der Waals surface area contributed by atoms with Gasteiger partial charge in [0.1, 0.15) is 5.75 Å². The molecule has 0 fully saturated rings. The van der Waals surface area contributed by atoms with Crippen molar-refractivity contribution in [2.24, 2.45) is 0 Å². The summed E-state index contributed by atoms with van der Waals surface area (Å²) in [7, 11) is 3.45. The Hall–Kier alpha value is -1.22. The number of anilines is 1. The fraction of sp³-hybridized carbons (Fsp3) is 0.538. The van der Waals surface area contributed by atoms with E-state index in [-0.39, 0.29) is 5.54 Å². The van der Waals surface area contributed by atoms with Gasteiger partial charge in [0.15, 0.2) is 0 Å². The molecular weight excluding hydrogens is 202 g/mol. The second-order valence-electron chi connectivity index (χ2n) is 4.61. The zero-order chi connectivity index (χ0) is 11.6. The van der Waals surface area contributed by atoms with Gasteiger partial charge in [0.05, 0.1) is 24.9 Å². The van der Waals surface area contributed by atoms with Gasteiger partial charge in [-0.05, 0) is 31.4 Å². The van der Waals surface area contributed by atoms with Gasteiger partial charge in [-0.2, -0.15) is 0 Å². The minimum Gasteiger partial charge on any atom is -0.495 e. The lowest BCUT2D eigenvalue weighted by Crippen LogP contribution is -2.42. The van der Waals surface area contributed by atoms with Crippen LogP contribution in [0, 0.1) is 0 Å². The standard InChI is InChI=1S/C13H19NO2/c1-13(9-15-2)8-7-10-5-4-6-11(16-3)12(10)14-13/h4-6,14H,7-9H2,1-3H3. The third-order valence-electron chi connectivity index (χ3n) is 3.17. The van der Waals surface area contributed by atoms with Gasteiger partial charge in [-0.3, -0.25) is 0 Å². The first-order chi connectivity index (χ1) is 7.68. The number of hydrogen-bond donors (Lipinski definition) is 1. The number of rotatable bonds is 3. The van der Waals surface area contributed by atoms with Gasteiger partial charge in [-0.1, -0.05) is 12.1 Å². The van der Waals surface area contributed by atoms with E-state index in [1.165, 1.54) is 5.56 Å². The first-order valence-corrected chi connectivity index (χ1v) is 5.61. The molecule has 1 aromatic rings. The summed E-state index contributed by atoms with van der Waals surface area (Å²) < 4.78 is 10.7. The molecule has 0 aliphatic carbocycles. The van der Waals surface area contributed by atoms with Gasteiger partial charge in [0.25, 0.3) is 0 Å². The molecule has 0 amide bonds. The van der Waals surface area contributed by atoms with Crippen molar-refractivity contribution in [1.29, 1.82) is 0 Å². The summed E-state index contributed by atoms with van der Waals surface area (Å²) in [5, 5.41) is 3.54. The molecule has 88 valence electrons. The number of aryl methyl sites for hydroxylation is 1. The van der Waals surface area contributed by atoms with Gasteiger partial charge < -0.3 is 14.8 Å². The van der Waals surface area contributed by atoms with E-state index in [2.05, 4.69) is 18.3 Å². The highest BCUT2D eigenvalue weighted by Gasteiger charge is 2.30. The number of methoxy groups -OCH3 is 2. The second kappa shape index (κ2) is 4.34. The molecule has 1 unspecified atom stereocenters. The summed E-state index contributed by atoms with van der Waals surface area (Å²) >= 11 is 0. The fourth-order valence-corrected chi connectivity index (χ4v) is 2.30. The lowest BCUT2D eigenvalue weighted by molar-refractivity contribution is 0.144. The Bertz CT molecular complexity index is 364. The predicted octanol–water partition coefficient (Wildman–Crippen LogP) is 2.46. The summed E-state index contributed by atoms with van der Waals surface area (Å²) in [4.78, 5) is 0. The molecule has 1 aliphatic heterocycles. The Morgan fingerprint density at radius 2 is 2.19 bits per heavy atom. The van der Waals surface area contributed by atoms with Crippen molar-refractivity contribution in [1.82, 2.24) is 0 Å². The molecular formula is C13H19NO2. The van der Waals surface area contributed by atoms with Crippen molar-refractivity contribution >= 4 is 5.69 Å². The summed E-state index contributed by atoms with van der Waals surface area (Å²) in [6.07, 6.45) is 2.15. The molecule has 3 nitrogen and oxygen atoms in total. The van der Waals surface area contributed by atoms with Crippen LogP contribution in [0.1, 0.15) is 18.9 Å². The Balaban J connectivity index is 2.31. The van der Waals surface area contributed by atoms with Crippen LogP contribution in [-0.2, 0) is 11.2 Å². The van der Waals surface area contributed by atoms with Crippen molar-refractivity contribution in [3.63, 3.8) is 0 Å². The Morgan fingerprint density at radius 3 is 2.88 bits per heavy atom. The van der Waals surface area contributed by atoms with E-state index in [0.717, 1.165) is 24.3 Å². The van der Waals surface area contributed by atoms with Crippen molar-refractivity contribution < 1.29 is 9.47 Å². The lowest BCUT2D eigenvalue weighted by Gasteiger charge is -2.37. The zero-order valence-corrected chi connectivity index (χ0v) is 10.2. The van der Waals surface area contributed by atoms with Gasteiger partial charge in [0, 0.05) is 7.11 Å². The molecule has 1 heterocycles. The van der Waals surface area contributed by atoms with Crippen LogP contribution in [0.25, 0.3) is 0 Å². The second-order valence-corrected chi connectivity index (χ2v) is 4.61. The van der Waals surface area contributed by atoms with Gasteiger partial charge >= 0.3 is 0 Å². The summed E-state index contributed by atoms with van der Waals surface area (Å²) in [5.74, 6) is 0.916. The topological polar surface area (TPSA) is 30.5 Å². The van der Waals surface area contributed by atoms with E-state index in [0.29, 0.717) is 6.61 Å². The minimum absolute atomic E-state index is 0.0103. The highest BCUT2D eigenvalue weighted by Crippen LogP contribution is 2.37. The van der Waals surface area contributed by atoms with Crippen molar-refractivity contribution in [3.8, 4) is 5.75 Å². The molecule has 3 heteroatoms. The molecule has 0 spiro atoms. The van der Waals surface area contributed by atoms with E-state index in [1.807, 2.05) is 12.1 Å². The SMILES string of the molecule is COCC1(C)CCc2cccc(OC)c2N1. The first-order valence-electron chi connectivity index (χ1n) is 5.61. The van der Waals surface area contributed by atoms with Crippen molar-refractivity contribution in [2.45, 2.75) is 25.3 Å². The monoisotopic (exact) mass is 221 g/mol. The van der Waals surface area contributed by atoms with Crippen LogP contribution in [0.15, 0.2) is 18.2 Å². The predicted molar refractivity (Wildman–Crippen MR) is 65.2 cm³/mol. The minimum atomic E-state index is 0.0103. The Morgan fingerprint density at radius 1 is 1.38 bits per heavy atom. The number of hydrogen-bond acceptors (Lipinski definition) is 3. The molecule has 1 aromatic carbocycles. The Kier molecular flexibility index (Phi) is 3.06. The molecule has 1 atom stereocenters. The first kappa shape index (κ1) is 11.3. The van der Waals surface area contributed by atoms with Crippen LogP contribution in [0.5, 0.6) is 5.75 Å². The van der Waals surface area contributed by atoms with Crippen molar-refractivity contribution in [3.05, 3.63) is 23.8 Å². The van der Waals surface area contributed by atoms with E-state index < -0.39 is 0 Å². The maximum Gasteiger partial charge on any atom is 0.142 e. The van der Waals surface area contributed by atoms with Crippen LogP contribution >= 0.6 is 0 Å². The molecule has 0 saturated heterocycles. The molecule has 0 radical (unpaired) electrons. The third kappa shape index (κ3) is 2.00. The number of para-hydroxylation sites is 1. The van der Waals surface area contributed by atoms with Crippen LogP contribution in [-0.4, -0.2) is 26.4 Å². The molecule has 0 bridgehead atoms.